The number of piperazine rings is 1. The number of likely N-dealkylation sites (N-methyl/N-ethyl adjacent to an activating group) is 1. The van der Waals surface area contributed by atoms with Gasteiger partial charge in [0.25, 0.3) is 0 Å². The fraction of sp³-hybridized carbons (Fsp3) is 0.933. The van der Waals surface area contributed by atoms with Crippen molar-refractivity contribution in [3.63, 3.8) is 0 Å². The van der Waals surface area contributed by atoms with Gasteiger partial charge in [0.05, 0.1) is 0 Å². The summed E-state index contributed by atoms with van der Waals surface area (Å²) < 4.78 is 0. The minimum atomic E-state index is 0. The Morgan fingerprint density at radius 1 is 1.22 bits per heavy atom. The average Bonchev–Trinajstić information content (AvgIpc) is 2.92. The fourth-order valence-electron chi connectivity index (χ4n) is 3.11. The van der Waals surface area contributed by atoms with Crippen molar-refractivity contribution in [1.82, 2.24) is 20.4 Å². The van der Waals surface area contributed by atoms with Crippen molar-refractivity contribution in [3.05, 3.63) is 0 Å². The van der Waals surface area contributed by atoms with Gasteiger partial charge in [0.2, 0.25) is 5.91 Å². The van der Waals surface area contributed by atoms with Gasteiger partial charge in [-0.2, -0.15) is 0 Å². The Labute approximate surface area is 159 Å². The second kappa shape index (κ2) is 13.5. The van der Waals surface area contributed by atoms with Gasteiger partial charge < -0.3 is 15.5 Å². The van der Waals surface area contributed by atoms with E-state index in [1.165, 1.54) is 6.42 Å². The van der Waals surface area contributed by atoms with Gasteiger partial charge in [-0.25, -0.2) is 0 Å². The summed E-state index contributed by atoms with van der Waals surface area (Å²) in [5.74, 6) is 0.923. The number of rotatable bonds is 6. The Kier molecular flexibility index (Phi) is 14.9. The van der Waals surface area contributed by atoms with E-state index in [1.54, 1.807) is 0 Å². The highest BCUT2D eigenvalue weighted by Crippen LogP contribution is 2.14. The summed E-state index contributed by atoms with van der Waals surface area (Å²) in [5.41, 5.74) is 0. The molecular weight excluding hydrogens is 359 g/mol. The minimum Gasteiger partial charge on any atom is -0.352 e. The Hall–Kier alpha value is 0.220. The van der Waals surface area contributed by atoms with Crippen LogP contribution < -0.4 is 10.6 Å². The molecule has 1 amide bonds. The summed E-state index contributed by atoms with van der Waals surface area (Å²) in [7, 11) is 2.17. The first-order chi connectivity index (χ1) is 9.63. The average molecular weight is 392 g/mol. The minimum absolute atomic E-state index is 0. The second-order valence-corrected chi connectivity index (χ2v) is 6.47. The van der Waals surface area contributed by atoms with Crippen molar-refractivity contribution in [1.29, 1.82) is 0 Å². The number of nitrogens with zero attached hydrogens (tertiary/aromatic N) is 2. The molecule has 8 heteroatoms. The van der Waals surface area contributed by atoms with E-state index in [2.05, 4.69) is 34.4 Å². The fourth-order valence-corrected chi connectivity index (χ4v) is 3.11. The predicted octanol–water partition coefficient (Wildman–Crippen LogP) is 1.39. The Morgan fingerprint density at radius 2 is 1.87 bits per heavy atom. The van der Waals surface area contributed by atoms with Gasteiger partial charge in [0.15, 0.2) is 0 Å². The van der Waals surface area contributed by atoms with E-state index in [4.69, 9.17) is 0 Å². The molecular formula is C15H33Cl3N4O. The summed E-state index contributed by atoms with van der Waals surface area (Å²) in [6, 6.07) is 0.257. The maximum absolute atomic E-state index is 11.9. The highest BCUT2D eigenvalue weighted by Gasteiger charge is 2.18. The Bertz CT molecular complexity index is 309. The van der Waals surface area contributed by atoms with Crippen molar-refractivity contribution in [2.24, 2.45) is 5.92 Å². The maximum Gasteiger partial charge on any atom is 0.220 e. The zero-order chi connectivity index (χ0) is 14.4. The molecule has 2 saturated heterocycles. The Morgan fingerprint density at radius 3 is 2.43 bits per heavy atom. The lowest BCUT2D eigenvalue weighted by atomic mass is 10.0. The molecule has 2 rings (SSSR count). The molecule has 2 unspecified atom stereocenters. The number of carbonyl (C=O) groups is 1. The van der Waals surface area contributed by atoms with E-state index in [9.17, 15) is 4.79 Å². The van der Waals surface area contributed by atoms with E-state index < -0.39 is 0 Å². The van der Waals surface area contributed by atoms with Crippen LogP contribution in [0.3, 0.4) is 0 Å². The molecule has 5 nitrogen and oxygen atoms in total. The van der Waals surface area contributed by atoms with Crippen LogP contribution in [0.5, 0.6) is 0 Å². The molecule has 0 aromatic heterocycles. The van der Waals surface area contributed by atoms with Crippen LogP contribution in [-0.4, -0.2) is 74.6 Å². The number of halogens is 3. The van der Waals surface area contributed by atoms with Crippen LogP contribution in [0.1, 0.15) is 26.2 Å². The zero-order valence-corrected chi connectivity index (χ0v) is 16.7. The third kappa shape index (κ3) is 9.95. The van der Waals surface area contributed by atoms with Crippen LogP contribution in [0.15, 0.2) is 0 Å². The van der Waals surface area contributed by atoms with Gasteiger partial charge in [-0.05, 0) is 45.8 Å². The molecule has 2 N–H and O–H groups in total. The molecule has 2 aliphatic rings. The summed E-state index contributed by atoms with van der Waals surface area (Å²) >= 11 is 0. The molecule has 140 valence electrons. The summed E-state index contributed by atoms with van der Waals surface area (Å²) in [6.45, 7) is 9.80. The second-order valence-electron chi connectivity index (χ2n) is 6.47. The van der Waals surface area contributed by atoms with Crippen LogP contribution in [0.4, 0.5) is 0 Å². The van der Waals surface area contributed by atoms with Crippen LogP contribution in [-0.2, 0) is 4.79 Å². The molecule has 23 heavy (non-hydrogen) atoms. The first-order valence-corrected chi connectivity index (χ1v) is 8.04. The number of nitrogens with one attached hydrogen (secondary N) is 2. The van der Waals surface area contributed by atoms with E-state index in [-0.39, 0.29) is 49.2 Å². The van der Waals surface area contributed by atoms with Crippen molar-refractivity contribution < 1.29 is 4.79 Å². The molecule has 0 aliphatic carbocycles. The summed E-state index contributed by atoms with van der Waals surface area (Å²) in [4.78, 5) is 16.8. The molecule has 0 spiro atoms. The predicted molar refractivity (Wildman–Crippen MR) is 103 cm³/mol. The maximum atomic E-state index is 11.9. The highest BCUT2D eigenvalue weighted by molar-refractivity contribution is 5.86. The van der Waals surface area contributed by atoms with Crippen LogP contribution in [0.2, 0.25) is 0 Å². The SMILES string of the molecule is CC(CN1CCN(C)CC1)NC(=O)CCC1CCNC1.Cl.Cl.Cl. The summed E-state index contributed by atoms with van der Waals surface area (Å²) in [5, 5.41) is 6.50. The van der Waals surface area contributed by atoms with E-state index in [1.807, 2.05) is 0 Å². The molecule has 2 atom stereocenters. The third-order valence-corrected chi connectivity index (χ3v) is 4.48. The van der Waals surface area contributed by atoms with Crippen molar-refractivity contribution in [2.45, 2.75) is 32.2 Å². The molecule has 0 aromatic carbocycles. The number of hydrogen-bond donors (Lipinski definition) is 2. The lowest BCUT2D eigenvalue weighted by Crippen LogP contribution is -2.49. The lowest BCUT2D eigenvalue weighted by Gasteiger charge is -2.34. The molecule has 0 saturated carbocycles. The van der Waals surface area contributed by atoms with Gasteiger partial charge in [-0.1, -0.05) is 0 Å². The number of hydrogen-bond acceptors (Lipinski definition) is 4. The molecule has 0 bridgehead atoms. The smallest absolute Gasteiger partial charge is 0.220 e. The largest absolute Gasteiger partial charge is 0.352 e. The van der Waals surface area contributed by atoms with Gasteiger partial charge in [-0.3, -0.25) is 9.69 Å². The molecule has 2 aliphatic heterocycles. The zero-order valence-electron chi connectivity index (χ0n) is 14.3. The topological polar surface area (TPSA) is 47.6 Å². The molecule has 0 radical (unpaired) electrons. The quantitative estimate of drug-likeness (QED) is 0.718. The lowest BCUT2D eigenvalue weighted by molar-refractivity contribution is -0.122. The molecule has 2 heterocycles. The first kappa shape index (κ1) is 25.5. The number of amides is 1. The van der Waals surface area contributed by atoms with E-state index >= 15 is 0 Å². The highest BCUT2D eigenvalue weighted by atomic mass is 35.5. The molecule has 2 fully saturated rings. The van der Waals surface area contributed by atoms with Crippen molar-refractivity contribution in [3.8, 4) is 0 Å². The van der Waals surface area contributed by atoms with Gasteiger partial charge in [0, 0.05) is 45.2 Å². The monoisotopic (exact) mass is 390 g/mol. The normalized spacial score (nSPS) is 23.1. The summed E-state index contributed by atoms with van der Waals surface area (Å²) in [6.07, 6.45) is 2.93. The van der Waals surface area contributed by atoms with E-state index in [0.29, 0.717) is 12.3 Å². The molecule has 0 aromatic rings. The van der Waals surface area contributed by atoms with Gasteiger partial charge in [0.1, 0.15) is 0 Å². The number of carbonyl (C=O) groups excluding carboxylic acids is 1. The van der Waals surface area contributed by atoms with Gasteiger partial charge in [-0.15, -0.1) is 37.2 Å². The first-order valence-electron chi connectivity index (χ1n) is 8.04. The van der Waals surface area contributed by atoms with Crippen LogP contribution in [0, 0.1) is 5.92 Å². The Balaban J connectivity index is 0. The van der Waals surface area contributed by atoms with Crippen LogP contribution in [0.25, 0.3) is 0 Å². The van der Waals surface area contributed by atoms with Crippen molar-refractivity contribution in [2.75, 3.05) is 52.9 Å². The van der Waals surface area contributed by atoms with Crippen LogP contribution >= 0.6 is 37.2 Å². The standard InChI is InChI=1S/C15H30N4O.3ClH/c1-13(12-19-9-7-18(2)8-10-19)17-15(20)4-3-14-5-6-16-11-14;;;/h13-14,16H,3-12H2,1-2H3,(H,17,20);3*1H. The van der Waals surface area contributed by atoms with Crippen molar-refractivity contribution >= 4 is 43.1 Å². The third-order valence-electron chi connectivity index (χ3n) is 4.48. The van der Waals surface area contributed by atoms with E-state index in [0.717, 1.165) is 52.2 Å². The van der Waals surface area contributed by atoms with Gasteiger partial charge >= 0.3 is 0 Å².